The van der Waals surface area contributed by atoms with E-state index in [2.05, 4.69) is 10.6 Å². The fourth-order valence-corrected chi connectivity index (χ4v) is 2.46. The van der Waals surface area contributed by atoms with Gasteiger partial charge in [-0.25, -0.2) is 4.39 Å². The van der Waals surface area contributed by atoms with Gasteiger partial charge in [0.05, 0.1) is 11.8 Å². The Morgan fingerprint density at radius 1 is 1.30 bits per heavy atom. The lowest BCUT2D eigenvalue weighted by Gasteiger charge is -2.28. The summed E-state index contributed by atoms with van der Waals surface area (Å²) < 4.78 is 19.0. The zero-order valence-electron chi connectivity index (χ0n) is 11.7. The van der Waals surface area contributed by atoms with Crippen molar-refractivity contribution >= 4 is 11.6 Å². The molecule has 0 heterocycles. The van der Waals surface area contributed by atoms with Crippen LogP contribution in [-0.2, 0) is 9.53 Å². The van der Waals surface area contributed by atoms with Gasteiger partial charge in [-0.05, 0) is 44.9 Å². The molecule has 0 aliphatic heterocycles. The normalized spacial score (nSPS) is 22.5. The molecule has 0 unspecified atom stereocenters. The molecule has 0 saturated heterocycles. The van der Waals surface area contributed by atoms with Crippen LogP contribution >= 0.6 is 0 Å². The second-order valence-corrected chi connectivity index (χ2v) is 5.10. The summed E-state index contributed by atoms with van der Waals surface area (Å²) in [6, 6.07) is 6.67. The average Bonchev–Trinajstić information content (AvgIpc) is 2.48. The molecule has 1 aromatic carbocycles. The fourth-order valence-electron chi connectivity index (χ4n) is 2.46. The van der Waals surface area contributed by atoms with Crippen LogP contribution < -0.4 is 10.6 Å². The van der Waals surface area contributed by atoms with Crippen LogP contribution in [0.3, 0.4) is 0 Å². The summed E-state index contributed by atoms with van der Waals surface area (Å²) in [6.45, 7) is -0.0246. The molecule has 1 aliphatic rings. The molecule has 2 N–H and O–H groups in total. The Morgan fingerprint density at radius 2 is 2.00 bits per heavy atom. The predicted molar refractivity (Wildman–Crippen MR) is 76.1 cm³/mol. The number of benzene rings is 1. The number of anilines is 1. The number of amides is 1. The molecule has 0 atom stereocenters. The minimum Gasteiger partial charge on any atom is -0.368 e. The number of nitrogens with one attached hydrogen (secondary N) is 2. The molecule has 0 radical (unpaired) electrons. The minimum atomic E-state index is -0.435. The lowest BCUT2D eigenvalue weighted by atomic mass is 9.93. The summed E-state index contributed by atoms with van der Waals surface area (Å²) >= 11 is 0. The van der Waals surface area contributed by atoms with Gasteiger partial charge in [-0.15, -0.1) is 0 Å². The van der Waals surface area contributed by atoms with Gasteiger partial charge in [0.2, 0.25) is 5.91 Å². The average molecular weight is 280 g/mol. The molecule has 1 saturated carbocycles. The largest absolute Gasteiger partial charge is 0.368 e. The fraction of sp³-hybridized carbons (Fsp3) is 0.533. The van der Waals surface area contributed by atoms with Crippen molar-refractivity contribution in [2.45, 2.75) is 37.8 Å². The van der Waals surface area contributed by atoms with Crippen LogP contribution in [0, 0.1) is 5.82 Å². The smallest absolute Gasteiger partial charge is 0.250 e. The predicted octanol–water partition coefficient (Wildman–Crippen LogP) is 2.31. The van der Waals surface area contributed by atoms with E-state index in [9.17, 15) is 9.18 Å². The Kier molecular flexibility index (Phi) is 5.49. The molecular formula is C15H21FN2O2. The van der Waals surface area contributed by atoms with Crippen molar-refractivity contribution in [1.82, 2.24) is 5.32 Å². The third-order valence-electron chi connectivity index (χ3n) is 3.68. The topological polar surface area (TPSA) is 50.4 Å². The molecule has 1 aliphatic carbocycles. The highest BCUT2D eigenvalue weighted by Crippen LogP contribution is 2.21. The SMILES string of the molecule is CNC1CCC(OCC(=O)Nc2ccccc2F)CC1. The summed E-state index contributed by atoms with van der Waals surface area (Å²) in [6.07, 6.45) is 4.18. The lowest BCUT2D eigenvalue weighted by Crippen LogP contribution is -2.34. The number of carbonyl (C=O) groups is 1. The molecule has 5 heteroatoms. The third kappa shape index (κ3) is 4.28. The number of rotatable bonds is 5. The Hall–Kier alpha value is -1.46. The Labute approximate surface area is 118 Å². The molecule has 4 nitrogen and oxygen atoms in total. The maximum absolute atomic E-state index is 13.4. The zero-order chi connectivity index (χ0) is 14.4. The van der Waals surface area contributed by atoms with Gasteiger partial charge in [0.25, 0.3) is 0 Å². The summed E-state index contributed by atoms with van der Waals surface area (Å²) in [5.74, 6) is -0.749. The van der Waals surface area contributed by atoms with Crippen LogP contribution in [0.25, 0.3) is 0 Å². The molecule has 1 fully saturated rings. The van der Waals surface area contributed by atoms with Crippen molar-refractivity contribution < 1.29 is 13.9 Å². The van der Waals surface area contributed by atoms with Crippen molar-refractivity contribution in [2.75, 3.05) is 19.0 Å². The van der Waals surface area contributed by atoms with Crippen molar-refractivity contribution in [3.05, 3.63) is 30.1 Å². The molecule has 20 heavy (non-hydrogen) atoms. The zero-order valence-corrected chi connectivity index (χ0v) is 11.7. The maximum Gasteiger partial charge on any atom is 0.250 e. The third-order valence-corrected chi connectivity index (χ3v) is 3.68. The Bertz CT molecular complexity index is 445. The monoisotopic (exact) mass is 280 g/mol. The second kappa shape index (κ2) is 7.36. The van der Waals surface area contributed by atoms with Crippen LogP contribution in [0.5, 0.6) is 0 Å². The molecule has 0 bridgehead atoms. The van der Waals surface area contributed by atoms with Crippen LogP contribution in [0.4, 0.5) is 10.1 Å². The minimum absolute atomic E-state index is 0.0246. The van der Waals surface area contributed by atoms with Gasteiger partial charge in [-0.3, -0.25) is 4.79 Å². The van der Waals surface area contributed by atoms with E-state index in [1.807, 2.05) is 7.05 Å². The number of halogens is 1. The van der Waals surface area contributed by atoms with Gasteiger partial charge in [0.1, 0.15) is 12.4 Å². The van der Waals surface area contributed by atoms with Gasteiger partial charge in [0.15, 0.2) is 0 Å². The molecule has 1 aromatic rings. The first-order valence-electron chi connectivity index (χ1n) is 7.02. The van der Waals surface area contributed by atoms with Crippen molar-refractivity contribution in [1.29, 1.82) is 0 Å². The van der Waals surface area contributed by atoms with Gasteiger partial charge < -0.3 is 15.4 Å². The molecule has 2 rings (SSSR count). The van der Waals surface area contributed by atoms with Crippen LogP contribution in [0.15, 0.2) is 24.3 Å². The second-order valence-electron chi connectivity index (χ2n) is 5.10. The Morgan fingerprint density at radius 3 is 2.65 bits per heavy atom. The van der Waals surface area contributed by atoms with E-state index >= 15 is 0 Å². The van der Waals surface area contributed by atoms with Crippen LogP contribution in [-0.4, -0.2) is 31.7 Å². The highest BCUT2D eigenvalue weighted by molar-refractivity contribution is 5.91. The summed E-state index contributed by atoms with van der Waals surface area (Å²) in [5, 5.41) is 5.77. The van der Waals surface area contributed by atoms with Crippen LogP contribution in [0.1, 0.15) is 25.7 Å². The number of hydrogen-bond acceptors (Lipinski definition) is 3. The first kappa shape index (κ1) is 14.9. The van der Waals surface area contributed by atoms with Crippen molar-refractivity contribution in [3.8, 4) is 0 Å². The van der Waals surface area contributed by atoms with Gasteiger partial charge in [0, 0.05) is 6.04 Å². The van der Waals surface area contributed by atoms with E-state index in [-0.39, 0.29) is 24.3 Å². The lowest BCUT2D eigenvalue weighted by molar-refractivity contribution is -0.123. The number of ether oxygens (including phenoxy) is 1. The first-order chi connectivity index (χ1) is 9.69. The standard InChI is InChI=1S/C15H21FN2O2/c1-17-11-6-8-12(9-7-11)20-10-15(19)18-14-5-3-2-4-13(14)16/h2-5,11-12,17H,6-10H2,1H3,(H,18,19). The molecule has 110 valence electrons. The summed E-state index contributed by atoms with van der Waals surface area (Å²) in [4.78, 5) is 11.7. The molecule has 1 amide bonds. The van der Waals surface area contributed by atoms with E-state index in [1.54, 1.807) is 12.1 Å². The van der Waals surface area contributed by atoms with Gasteiger partial charge >= 0.3 is 0 Å². The first-order valence-corrected chi connectivity index (χ1v) is 7.02. The van der Waals surface area contributed by atoms with Crippen LogP contribution in [0.2, 0.25) is 0 Å². The van der Waals surface area contributed by atoms with Gasteiger partial charge in [-0.1, -0.05) is 12.1 Å². The number of carbonyl (C=O) groups excluding carboxylic acids is 1. The van der Waals surface area contributed by atoms with Crippen molar-refractivity contribution in [2.24, 2.45) is 0 Å². The maximum atomic E-state index is 13.4. The Balaban J connectivity index is 1.72. The molecular weight excluding hydrogens is 259 g/mol. The quantitative estimate of drug-likeness (QED) is 0.870. The van der Waals surface area contributed by atoms with Gasteiger partial charge in [-0.2, -0.15) is 0 Å². The highest BCUT2D eigenvalue weighted by atomic mass is 19.1. The molecule has 0 aromatic heterocycles. The number of hydrogen-bond donors (Lipinski definition) is 2. The summed E-state index contributed by atoms with van der Waals surface area (Å²) in [7, 11) is 1.97. The van der Waals surface area contributed by atoms with E-state index in [0.717, 1.165) is 25.7 Å². The molecule has 0 spiro atoms. The number of para-hydroxylation sites is 1. The van der Waals surface area contributed by atoms with E-state index in [4.69, 9.17) is 4.74 Å². The van der Waals surface area contributed by atoms with Crippen molar-refractivity contribution in [3.63, 3.8) is 0 Å². The van der Waals surface area contributed by atoms with E-state index < -0.39 is 5.82 Å². The summed E-state index contributed by atoms with van der Waals surface area (Å²) in [5.41, 5.74) is 0.194. The van der Waals surface area contributed by atoms with E-state index in [1.165, 1.54) is 12.1 Å². The van der Waals surface area contributed by atoms with E-state index in [0.29, 0.717) is 6.04 Å². The highest BCUT2D eigenvalue weighted by Gasteiger charge is 2.21.